The van der Waals surface area contributed by atoms with Gasteiger partial charge in [-0.25, -0.2) is 0 Å². The molecule has 2 aliphatic rings. The molecule has 0 N–H and O–H groups in total. The summed E-state index contributed by atoms with van der Waals surface area (Å²) in [6, 6.07) is 8.10. The molecule has 5 heteroatoms. The summed E-state index contributed by atoms with van der Waals surface area (Å²) < 4.78 is 11.1. The lowest BCUT2D eigenvalue weighted by atomic mass is 9.99. The van der Waals surface area contributed by atoms with E-state index in [1.54, 1.807) is 7.11 Å². The van der Waals surface area contributed by atoms with Crippen molar-refractivity contribution in [3.8, 4) is 5.75 Å². The molecule has 0 aliphatic carbocycles. The summed E-state index contributed by atoms with van der Waals surface area (Å²) in [7, 11) is 1.78. The van der Waals surface area contributed by atoms with Gasteiger partial charge in [0.2, 0.25) is 0 Å². The normalized spacial score (nSPS) is 22.3. The smallest absolute Gasteiger partial charge is 0.260 e. The summed E-state index contributed by atoms with van der Waals surface area (Å²) in [5.74, 6) is 1.59. The van der Waals surface area contributed by atoms with Crippen molar-refractivity contribution in [3.05, 3.63) is 29.8 Å². The fraction of sp³-hybridized carbons (Fsp3) is 0.650. The molecule has 1 atom stereocenters. The van der Waals surface area contributed by atoms with E-state index in [9.17, 15) is 4.79 Å². The predicted molar refractivity (Wildman–Crippen MR) is 97.6 cm³/mol. The summed E-state index contributed by atoms with van der Waals surface area (Å²) >= 11 is 0. The van der Waals surface area contributed by atoms with Gasteiger partial charge in [-0.2, -0.15) is 0 Å². The SMILES string of the molecule is COC1CCN(Cc2ccc(OCC(=O)N3CCC(C)CC3)cc2)C1. The van der Waals surface area contributed by atoms with Crippen LogP contribution in [0.1, 0.15) is 31.7 Å². The van der Waals surface area contributed by atoms with Crippen LogP contribution in [0.25, 0.3) is 0 Å². The van der Waals surface area contributed by atoms with Crippen LogP contribution in [0.5, 0.6) is 5.75 Å². The van der Waals surface area contributed by atoms with Crippen LogP contribution >= 0.6 is 0 Å². The second-order valence-electron chi connectivity index (χ2n) is 7.38. The first-order chi connectivity index (χ1) is 12.1. The van der Waals surface area contributed by atoms with Crippen LogP contribution in [0.15, 0.2) is 24.3 Å². The van der Waals surface area contributed by atoms with Crippen LogP contribution in [-0.4, -0.2) is 61.7 Å². The third-order valence-corrected chi connectivity index (χ3v) is 5.39. The number of hydrogen-bond acceptors (Lipinski definition) is 4. The first kappa shape index (κ1) is 18.2. The van der Waals surface area contributed by atoms with E-state index in [2.05, 4.69) is 24.0 Å². The van der Waals surface area contributed by atoms with Crippen LogP contribution in [0, 0.1) is 5.92 Å². The van der Waals surface area contributed by atoms with Gasteiger partial charge >= 0.3 is 0 Å². The molecule has 2 heterocycles. The Morgan fingerprint density at radius 3 is 2.48 bits per heavy atom. The Balaban J connectivity index is 1.42. The zero-order valence-corrected chi connectivity index (χ0v) is 15.4. The van der Waals surface area contributed by atoms with E-state index in [-0.39, 0.29) is 12.5 Å². The largest absolute Gasteiger partial charge is 0.484 e. The average Bonchev–Trinajstić information content (AvgIpc) is 3.09. The van der Waals surface area contributed by atoms with Gasteiger partial charge in [-0.15, -0.1) is 0 Å². The van der Waals surface area contributed by atoms with Crippen molar-refractivity contribution in [1.82, 2.24) is 9.80 Å². The van der Waals surface area contributed by atoms with Crippen molar-refractivity contribution in [3.63, 3.8) is 0 Å². The van der Waals surface area contributed by atoms with Crippen molar-refractivity contribution in [2.75, 3.05) is 39.9 Å². The highest BCUT2D eigenvalue weighted by Crippen LogP contribution is 2.19. The number of piperidine rings is 1. The van der Waals surface area contributed by atoms with Crippen LogP contribution in [0.3, 0.4) is 0 Å². The number of nitrogens with zero attached hydrogens (tertiary/aromatic N) is 2. The Morgan fingerprint density at radius 1 is 1.12 bits per heavy atom. The van der Waals surface area contributed by atoms with Gasteiger partial charge in [0.05, 0.1) is 6.10 Å². The number of likely N-dealkylation sites (tertiary alicyclic amines) is 2. The Hall–Kier alpha value is -1.59. The molecule has 25 heavy (non-hydrogen) atoms. The first-order valence-corrected chi connectivity index (χ1v) is 9.38. The molecule has 2 fully saturated rings. The van der Waals surface area contributed by atoms with Gasteiger partial charge < -0.3 is 14.4 Å². The molecule has 5 nitrogen and oxygen atoms in total. The number of benzene rings is 1. The van der Waals surface area contributed by atoms with E-state index in [4.69, 9.17) is 9.47 Å². The number of carbonyl (C=O) groups is 1. The maximum absolute atomic E-state index is 12.2. The summed E-state index contributed by atoms with van der Waals surface area (Å²) in [6.45, 7) is 7.12. The van der Waals surface area contributed by atoms with Crippen LogP contribution < -0.4 is 4.74 Å². The highest BCUT2D eigenvalue weighted by Gasteiger charge is 2.22. The van der Waals surface area contributed by atoms with Crippen molar-refractivity contribution >= 4 is 5.91 Å². The minimum atomic E-state index is 0.0960. The van der Waals surface area contributed by atoms with Crippen LogP contribution in [0.2, 0.25) is 0 Å². The Morgan fingerprint density at radius 2 is 1.84 bits per heavy atom. The number of amides is 1. The zero-order chi connectivity index (χ0) is 17.6. The molecule has 0 radical (unpaired) electrons. The van der Waals surface area contributed by atoms with Gasteiger partial charge in [0.1, 0.15) is 5.75 Å². The standard InChI is InChI=1S/C20H30N2O3/c1-16-7-11-22(12-8-16)20(23)15-25-18-5-3-17(4-6-18)13-21-10-9-19(14-21)24-2/h3-6,16,19H,7-15H2,1-2H3. The molecule has 0 spiro atoms. The van der Waals surface area contributed by atoms with Crippen molar-refractivity contribution in [1.29, 1.82) is 0 Å². The fourth-order valence-electron chi connectivity index (χ4n) is 3.58. The van der Waals surface area contributed by atoms with Crippen molar-refractivity contribution in [2.24, 2.45) is 5.92 Å². The second kappa shape index (κ2) is 8.68. The van der Waals surface area contributed by atoms with Crippen molar-refractivity contribution in [2.45, 2.75) is 38.8 Å². The molecule has 1 aromatic rings. The monoisotopic (exact) mass is 346 g/mol. The van der Waals surface area contributed by atoms with Gasteiger partial charge in [-0.05, 0) is 42.9 Å². The van der Waals surface area contributed by atoms with Crippen molar-refractivity contribution < 1.29 is 14.3 Å². The Labute approximate surface area is 150 Å². The number of carbonyl (C=O) groups excluding carboxylic acids is 1. The predicted octanol–water partition coefficient (Wildman–Crippen LogP) is 2.54. The molecular weight excluding hydrogens is 316 g/mol. The summed E-state index contributed by atoms with van der Waals surface area (Å²) in [4.78, 5) is 16.5. The maximum Gasteiger partial charge on any atom is 0.260 e. The van der Waals surface area contributed by atoms with E-state index in [1.165, 1.54) is 5.56 Å². The molecule has 0 aromatic heterocycles. The van der Waals surface area contributed by atoms with E-state index >= 15 is 0 Å². The number of hydrogen-bond donors (Lipinski definition) is 0. The molecule has 138 valence electrons. The molecule has 2 aliphatic heterocycles. The molecule has 0 saturated carbocycles. The Kier molecular flexibility index (Phi) is 6.32. The molecule has 1 amide bonds. The van der Waals surface area contributed by atoms with Crippen LogP contribution in [-0.2, 0) is 16.1 Å². The third kappa shape index (κ3) is 5.19. The molecule has 3 rings (SSSR count). The topological polar surface area (TPSA) is 42.0 Å². The molecule has 1 aromatic carbocycles. The summed E-state index contributed by atoms with van der Waals surface area (Å²) in [5.41, 5.74) is 1.26. The fourth-order valence-corrected chi connectivity index (χ4v) is 3.58. The lowest BCUT2D eigenvalue weighted by Gasteiger charge is -2.30. The minimum Gasteiger partial charge on any atom is -0.484 e. The van der Waals surface area contributed by atoms with Gasteiger partial charge in [-0.1, -0.05) is 19.1 Å². The highest BCUT2D eigenvalue weighted by atomic mass is 16.5. The average molecular weight is 346 g/mol. The summed E-state index contributed by atoms with van der Waals surface area (Å²) in [5, 5.41) is 0. The molecule has 2 saturated heterocycles. The van der Waals surface area contributed by atoms with Gasteiger partial charge in [0.15, 0.2) is 6.61 Å². The number of rotatable bonds is 6. The molecular formula is C20H30N2O3. The lowest BCUT2D eigenvalue weighted by Crippen LogP contribution is -2.40. The van der Waals surface area contributed by atoms with Gasteiger partial charge in [-0.3, -0.25) is 9.69 Å². The lowest BCUT2D eigenvalue weighted by molar-refractivity contribution is -0.134. The van der Waals surface area contributed by atoms with Gasteiger partial charge in [0, 0.05) is 39.8 Å². The Bertz CT molecular complexity index is 553. The second-order valence-corrected chi connectivity index (χ2v) is 7.38. The zero-order valence-electron chi connectivity index (χ0n) is 15.4. The quantitative estimate of drug-likeness (QED) is 0.794. The van der Waals surface area contributed by atoms with Crippen LogP contribution in [0.4, 0.5) is 0 Å². The van der Waals surface area contributed by atoms with E-state index in [0.717, 1.165) is 63.7 Å². The van der Waals surface area contributed by atoms with E-state index < -0.39 is 0 Å². The van der Waals surface area contributed by atoms with Gasteiger partial charge in [0.25, 0.3) is 5.91 Å². The number of ether oxygens (including phenoxy) is 2. The number of methoxy groups -OCH3 is 1. The minimum absolute atomic E-state index is 0.0960. The molecule has 1 unspecified atom stereocenters. The van der Waals surface area contributed by atoms with E-state index in [1.807, 2.05) is 17.0 Å². The van der Waals surface area contributed by atoms with E-state index in [0.29, 0.717) is 6.10 Å². The summed E-state index contributed by atoms with van der Waals surface area (Å²) in [6.07, 6.45) is 3.67. The first-order valence-electron chi connectivity index (χ1n) is 9.38. The third-order valence-electron chi connectivity index (χ3n) is 5.39. The highest BCUT2D eigenvalue weighted by molar-refractivity contribution is 5.77. The maximum atomic E-state index is 12.2. The molecule has 0 bridgehead atoms.